The first-order valence-electron chi connectivity index (χ1n) is 8.22. The molecule has 0 spiro atoms. The molecule has 0 fully saturated rings. The zero-order chi connectivity index (χ0) is 15.8. The maximum absolute atomic E-state index is 4.64. The molecule has 2 rings (SSSR count). The highest BCUT2D eigenvalue weighted by Gasteiger charge is 2.08. The second-order valence-electron chi connectivity index (χ2n) is 5.91. The quantitative estimate of drug-likeness (QED) is 0.403. The molecule has 120 valence electrons. The highest BCUT2D eigenvalue weighted by Crippen LogP contribution is 2.12. The van der Waals surface area contributed by atoms with Gasteiger partial charge in [0.2, 0.25) is 0 Å². The molecule has 0 unspecified atom stereocenters. The van der Waals surface area contributed by atoms with Gasteiger partial charge in [0, 0.05) is 14.1 Å². The number of unbranched alkanes of at least 4 members (excludes halogenated alkanes) is 4. The van der Waals surface area contributed by atoms with E-state index in [0.29, 0.717) is 6.54 Å². The third-order valence-corrected chi connectivity index (χ3v) is 3.66. The molecule has 0 aliphatic rings. The average Bonchev–Trinajstić information content (AvgIpc) is 2.90. The Balaban J connectivity index is 2.00. The third-order valence-electron chi connectivity index (χ3n) is 3.66. The summed E-state index contributed by atoms with van der Waals surface area (Å²) in [5.74, 6) is 0. The van der Waals surface area contributed by atoms with E-state index in [1.807, 2.05) is 42.0 Å². The van der Waals surface area contributed by atoms with Crippen LogP contribution in [0.5, 0.6) is 0 Å². The van der Waals surface area contributed by atoms with Crippen molar-refractivity contribution in [1.82, 2.24) is 20.0 Å². The van der Waals surface area contributed by atoms with E-state index in [1.54, 1.807) is 0 Å². The molecule has 0 amide bonds. The molecular formula is C17H27N5. The largest absolute Gasteiger partial charge is 0.303 e. The molecule has 0 aliphatic carbocycles. The van der Waals surface area contributed by atoms with E-state index >= 15 is 0 Å². The van der Waals surface area contributed by atoms with Gasteiger partial charge in [-0.2, -0.15) is 5.10 Å². The van der Waals surface area contributed by atoms with E-state index in [4.69, 9.17) is 0 Å². The first-order valence-corrected chi connectivity index (χ1v) is 8.22. The van der Waals surface area contributed by atoms with E-state index in [0.717, 1.165) is 23.2 Å². The standard InChI is InChI=1S/C17H27N5/c1-4-5-6-7-8-11-15(19-21(2)3)14-22-17-13-10-9-12-16(17)18-20-22/h9-10,12-13H,4-8,11,14H2,1-3H3. The van der Waals surface area contributed by atoms with Crippen molar-refractivity contribution in [3.8, 4) is 0 Å². The molecule has 0 saturated carbocycles. The van der Waals surface area contributed by atoms with Gasteiger partial charge in [0.1, 0.15) is 5.52 Å². The molecule has 5 nitrogen and oxygen atoms in total. The maximum Gasteiger partial charge on any atom is 0.113 e. The van der Waals surface area contributed by atoms with E-state index in [2.05, 4.69) is 28.4 Å². The van der Waals surface area contributed by atoms with Crippen LogP contribution in [0, 0.1) is 0 Å². The Labute approximate surface area is 133 Å². The molecule has 0 atom stereocenters. The number of para-hydroxylation sites is 1. The SMILES string of the molecule is CCCCCCCC(Cn1nnc2ccccc21)=NN(C)C. The molecule has 0 aliphatic heterocycles. The predicted molar refractivity (Wildman–Crippen MR) is 92.0 cm³/mol. The number of rotatable bonds is 9. The van der Waals surface area contributed by atoms with Gasteiger partial charge in [-0.05, 0) is 25.0 Å². The van der Waals surface area contributed by atoms with Gasteiger partial charge in [-0.3, -0.25) is 0 Å². The van der Waals surface area contributed by atoms with Crippen LogP contribution in [-0.2, 0) is 6.54 Å². The maximum atomic E-state index is 4.64. The Morgan fingerprint density at radius 2 is 1.91 bits per heavy atom. The zero-order valence-corrected chi connectivity index (χ0v) is 14.0. The van der Waals surface area contributed by atoms with Crippen molar-refractivity contribution < 1.29 is 0 Å². The Morgan fingerprint density at radius 3 is 2.68 bits per heavy atom. The Morgan fingerprint density at radius 1 is 1.14 bits per heavy atom. The van der Waals surface area contributed by atoms with Crippen LogP contribution < -0.4 is 0 Å². The van der Waals surface area contributed by atoms with Gasteiger partial charge in [0.05, 0.1) is 17.8 Å². The van der Waals surface area contributed by atoms with Crippen LogP contribution in [0.4, 0.5) is 0 Å². The summed E-state index contributed by atoms with van der Waals surface area (Å²) in [7, 11) is 3.94. The fraction of sp³-hybridized carbons (Fsp3) is 0.588. The monoisotopic (exact) mass is 301 g/mol. The summed E-state index contributed by atoms with van der Waals surface area (Å²) in [6.45, 7) is 2.96. The van der Waals surface area contributed by atoms with Gasteiger partial charge in [-0.25, -0.2) is 4.68 Å². The molecule has 1 heterocycles. The highest BCUT2D eigenvalue weighted by molar-refractivity contribution is 5.85. The first-order chi connectivity index (χ1) is 10.7. The van der Waals surface area contributed by atoms with Gasteiger partial charge < -0.3 is 5.01 Å². The fourth-order valence-corrected chi connectivity index (χ4v) is 2.58. The number of nitrogens with zero attached hydrogens (tertiary/aromatic N) is 5. The van der Waals surface area contributed by atoms with Crippen molar-refractivity contribution in [2.75, 3.05) is 14.1 Å². The van der Waals surface area contributed by atoms with E-state index in [1.165, 1.54) is 32.1 Å². The lowest BCUT2D eigenvalue weighted by atomic mass is 10.1. The number of aromatic nitrogens is 3. The molecule has 0 N–H and O–H groups in total. The zero-order valence-electron chi connectivity index (χ0n) is 14.0. The summed E-state index contributed by atoms with van der Waals surface area (Å²) in [6.07, 6.45) is 7.42. The molecular weight excluding hydrogens is 274 g/mol. The van der Waals surface area contributed by atoms with Crippen molar-refractivity contribution >= 4 is 16.7 Å². The molecule has 1 aromatic carbocycles. The Hall–Kier alpha value is -1.91. The summed E-state index contributed by atoms with van der Waals surface area (Å²) < 4.78 is 1.95. The van der Waals surface area contributed by atoms with Crippen LogP contribution in [0.15, 0.2) is 29.4 Å². The van der Waals surface area contributed by atoms with Crippen LogP contribution in [0.3, 0.4) is 0 Å². The molecule has 0 saturated heterocycles. The second kappa shape index (κ2) is 8.51. The van der Waals surface area contributed by atoms with Crippen LogP contribution in [0.2, 0.25) is 0 Å². The van der Waals surface area contributed by atoms with Crippen molar-refractivity contribution in [3.05, 3.63) is 24.3 Å². The number of hydrazone groups is 1. The van der Waals surface area contributed by atoms with Gasteiger partial charge in [-0.1, -0.05) is 50.0 Å². The number of hydrogen-bond donors (Lipinski definition) is 0. The fourth-order valence-electron chi connectivity index (χ4n) is 2.58. The first kappa shape index (κ1) is 16.5. The summed E-state index contributed by atoms with van der Waals surface area (Å²) in [6, 6.07) is 8.07. The lowest BCUT2D eigenvalue weighted by molar-refractivity contribution is 0.432. The van der Waals surface area contributed by atoms with Gasteiger partial charge >= 0.3 is 0 Å². The van der Waals surface area contributed by atoms with E-state index in [9.17, 15) is 0 Å². The Kier molecular flexibility index (Phi) is 6.37. The van der Waals surface area contributed by atoms with Crippen LogP contribution >= 0.6 is 0 Å². The highest BCUT2D eigenvalue weighted by atomic mass is 15.4. The predicted octanol–water partition coefficient (Wildman–Crippen LogP) is 3.71. The summed E-state index contributed by atoms with van der Waals surface area (Å²) in [4.78, 5) is 0. The third kappa shape index (κ3) is 4.83. The number of hydrogen-bond acceptors (Lipinski definition) is 4. The number of benzene rings is 1. The summed E-state index contributed by atoms with van der Waals surface area (Å²) in [5, 5.41) is 15.0. The minimum absolute atomic E-state index is 0.715. The average molecular weight is 301 g/mol. The molecule has 5 heteroatoms. The Bertz CT molecular complexity index is 600. The van der Waals surface area contributed by atoms with Crippen LogP contribution in [0.25, 0.3) is 11.0 Å². The number of fused-ring (bicyclic) bond motifs is 1. The van der Waals surface area contributed by atoms with Gasteiger partial charge in [-0.15, -0.1) is 5.10 Å². The van der Waals surface area contributed by atoms with Gasteiger partial charge in [0.15, 0.2) is 0 Å². The van der Waals surface area contributed by atoms with E-state index in [-0.39, 0.29) is 0 Å². The van der Waals surface area contributed by atoms with Crippen molar-refractivity contribution in [3.63, 3.8) is 0 Å². The second-order valence-corrected chi connectivity index (χ2v) is 5.91. The lowest BCUT2D eigenvalue weighted by Gasteiger charge is -2.11. The molecule has 0 bridgehead atoms. The normalized spacial score (nSPS) is 12.0. The van der Waals surface area contributed by atoms with Crippen molar-refractivity contribution in [1.29, 1.82) is 0 Å². The minimum atomic E-state index is 0.715. The van der Waals surface area contributed by atoms with Crippen LogP contribution in [-0.4, -0.2) is 39.8 Å². The van der Waals surface area contributed by atoms with Gasteiger partial charge in [0.25, 0.3) is 0 Å². The van der Waals surface area contributed by atoms with E-state index < -0.39 is 0 Å². The van der Waals surface area contributed by atoms with Crippen LogP contribution in [0.1, 0.15) is 45.4 Å². The summed E-state index contributed by atoms with van der Waals surface area (Å²) in [5.41, 5.74) is 3.17. The summed E-state index contributed by atoms with van der Waals surface area (Å²) >= 11 is 0. The molecule has 2 aromatic rings. The topological polar surface area (TPSA) is 46.3 Å². The van der Waals surface area contributed by atoms with Crippen molar-refractivity contribution in [2.45, 2.75) is 52.0 Å². The smallest absolute Gasteiger partial charge is 0.113 e. The molecule has 0 radical (unpaired) electrons. The minimum Gasteiger partial charge on any atom is -0.303 e. The van der Waals surface area contributed by atoms with Crippen molar-refractivity contribution in [2.24, 2.45) is 5.10 Å². The molecule has 22 heavy (non-hydrogen) atoms. The molecule has 1 aromatic heterocycles. The lowest BCUT2D eigenvalue weighted by Crippen LogP contribution is -2.16.